The molecule has 222 valence electrons. The van der Waals surface area contributed by atoms with E-state index in [1.54, 1.807) is 42.0 Å². The van der Waals surface area contributed by atoms with Crippen LogP contribution in [0.4, 0.5) is 0 Å². The Morgan fingerprint density at radius 2 is 1.93 bits per heavy atom. The van der Waals surface area contributed by atoms with Gasteiger partial charge in [0.05, 0.1) is 6.04 Å². The third-order valence-electron chi connectivity index (χ3n) is 9.30. The molecule has 0 saturated carbocycles. The Labute approximate surface area is 240 Å². The third-order valence-corrected chi connectivity index (χ3v) is 9.30. The highest BCUT2D eigenvalue weighted by molar-refractivity contribution is 5.98. The molecule has 11 nitrogen and oxygen atoms in total. The van der Waals surface area contributed by atoms with Crippen LogP contribution in [-0.4, -0.2) is 88.8 Å². The van der Waals surface area contributed by atoms with Gasteiger partial charge < -0.3 is 30.5 Å². The number of nitrogens with one attached hydrogen (secondary N) is 3. The third kappa shape index (κ3) is 5.82. The fraction of sp³-hybridized carbons (Fsp3) is 0.633. The number of hydrogen-bond acceptors (Lipinski definition) is 7. The lowest BCUT2D eigenvalue weighted by molar-refractivity contribution is -0.147. The molecule has 2 bridgehead atoms. The molecule has 6 atom stereocenters. The number of rotatable bonds is 7. The Morgan fingerprint density at radius 1 is 1.12 bits per heavy atom. The van der Waals surface area contributed by atoms with Crippen molar-refractivity contribution in [3.8, 4) is 0 Å². The van der Waals surface area contributed by atoms with Crippen molar-refractivity contribution in [2.45, 2.75) is 108 Å². The summed E-state index contributed by atoms with van der Waals surface area (Å²) >= 11 is 0. The van der Waals surface area contributed by atoms with E-state index in [1.165, 1.54) is 0 Å². The first-order valence-corrected chi connectivity index (χ1v) is 14.8. The lowest BCUT2D eigenvalue weighted by Crippen LogP contribution is -2.61. The highest BCUT2D eigenvalue weighted by Crippen LogP contribution is 2.40. The van der Waals surface area contributed by atoms with Crippen molar-refractivity contribution in [3.05, 3.63) is 35.4 Å². The van der Waals surface area contributed by atoms with Gasteiger partial charge in [-0.15, -0.1) is 0 Å². The second-order valence-electron chi connectivity index (χ2n) is 12.1. The van der Waals surface area contributed by atoms with E-state index in [0.717, 1.165) is 24.8 Å². The van der Waals surface area contributed by atoms with Crippen LogP contribution in [0.5, 0.6) is 0 Å². The van der Waals surface area contributed by atoms with Crippen molar-refractivity contribution in [3.63, 3.8) is 0 Å². The molecule has 1 aromatic rings. The Kier molecular flexibility index (Phi) is 8.35. The minimum Gasteiger partial charge on any atom is -0.461 e. The van der Waals surface area contributed by atoms with Crippen molar-refractivity contribution in [1.29, 1.82) is 0 Å². The number of fused-ring (bicyclic) bond motifs is 3. The van der Waals surface area contributed by atoms with Gasteiger partial charge in [-0.1, -0.05) is 25.0 Å². The molecule has 4 saturated heterocycles. The first-order chi connectivity index (χ1) is 19.6. The second-order valence-corrected chi connectivity index (χ2v) is 12.1. The standard InChI is InChI=1S/C30H41N5O6/c1-18(31-3)25(36)33-22-9-4-5-12-30(2)13-10-23(35(30)28(22)39)26(37)32-17-19-7-6-8-20(15-19)27(38)34-14-11-21-16-24(34)29(40)41-21/h6-8,15,18,21-24,31H,4-5,9-14,16-17H2,1-3H3,(H,32,37)(H,33,36)/t18-,21?,22-,23-,24?,30?/m0/s1. The van der Waals surface area contributed by atoms with Gasteiger partial charge in [0.2, 0.25) is 17.7 Å². The maximum absolute atomic E-state index is 13.8. The van der Waals surface area contributed by atoms with E-state index in [-0.39, 0.29) is 42.2 Å². The van der Waals surface area contributed by atoms with E-state index in [0.29, 0.717) is 44.2 Å². The summed E-state index contributed by atoms with van der Waals surface area (Å²) < 4.78 is 5.32. The number of piperidine rings is 1. The van der Waals surface area contributed by atoms with Crippen LogP contribution >= 0.6 is 0 Å². The molecule has 4 aliphatic rings. The molecule has 4 aliphatic heterocycles. The van der Waals surface area contributed by atoms with Crippen LogP contribution in [-0.2, 0) is 30.5 Å². The van der Waals surface area contributed by atoms with Crippen LogP contribution in [0.1, 0.15) is 81.1 Å². The quantitative estimate of drug-likeness (QED) is 0.422. The zero-order valence-electron chi connectivity index (χ0n) is 24.1. The van der Waals surface area contributed by atoms with Gasteiger partial charge in [-0.05, 0) is 64.3 Å². The van der Waals surface area contributed by atoms with E-state index >= 15 is 0 Å². The summed E-state index contributed by atoms with van der Waals surface area (Å²) in [6, 6.07) is 4.78. The van der Waals surface area contributed by atoms with Crippen molar-refractivity contribution in [2.24, 2.45) is 0 Å². The summed E-state index contributed by atoms with van der Waals surface area (Å²) in [6.07, 6.45) is 5.44. The highest BCUT2D eigenvalue weighted by atomic mass is 16.6. The van der Waals surface area contributed by atoms with Gasteiger partial charge in [0, 0.05) is 37.0 Å². The molecular formula is C30H41N5O6. The Hall–Kier alpha value is -3.47. The van der Waals surface area contributed by atoms with Gasteiger partial charge in [-0.3, -0.25) is 19.2 Å². The SMILES string of the molecule is CN[C@@H](C)C(=O)N[C@H]1CCCCC2(C)CC[C@@H](C(=O)NCc3cccc(C(=O)N4CCC5CC4C(=O)O5)c3)N2C1=O. The number of carbonyl (C=O) groups excluding carboxylic acids is 5. The minimum atomic E-state index is -0.670. The topological polar surface area (TPSA) is 137 Å². The average Bonchev–Trinajstić information content (AvgIpc) is 3.46. The molecule has 0 aliphatic carbocycles. The van der Waals surface area contributed by atoms with Gasteiger partial charge in [0.1, 0.15) is 24.2 Å². The smallest absolute Gasteiger partial charge is 0.329 e. The highest BCUT2D eigenvalue weighted by Gasteiger charge is 2.50. The molecule has 0 radical (unpaired) electrons. The maximum Gasteiger partial charge on any atom is 0.329 e. The van der Waals surface area contributed by atoms with E-state index in [4.69, 9.17) is 4.74 Å². The lowest BCUT2D eigenvalue weighted by atomic mass is 9.88. The summed E-state index contributed by atoms with van der Waals surface area (Å²) in [4.78, 5) is 68.6. The molecular weight excluding hydrogens is 526 g/mol. The summed E-state index contributed by atoms with van der Waals surface area (Å²) in [5, 5.41) is 8.79. The van der Waals surface area contributed by atoms with Crippen LogP contribution in [0.3, 0.4) is 0 Å². The molecule has 4 amide bonds. The number of ether oxygens (including phenoxy) is 1. The first kappa shape index (κ1) is 29.0. The fourth-order valence-corrected chi connectivity index (χ4v) is 6.73. The molecule has 4 fully saturated rings. The number of esters is 1. The Balaban J connectivity index is 1.25. The molecule has 4 heterocycles. The van der Waals surface area contributed by atoms with E-state index in [1.807, 2.05) is 13.0 Å². The number of benzene rings is 1. The number of nitrogens with zero attached hydrogens (tertiary/aromatic N) is 2. The average molecular weight is 568 g/mol. The monoisotopic (exact) mass is 567 g/mol. The van der Waals surface area contributed by atoms with Crippen LogP contribution in [0, 0.1) is 0 Å². The van der Waals surface area contributed by atoms with Crippen LogP contribution in [0.15, 0.2) is 24.3 Å². The van der Waals surface area contributed by atoms with Gasteiger partial charge in [0.25, 0.3) is 5.91 Å². The number of amides is 4. The van der Waals surface area contributed by atoms with Gasteiger partial charge in [0.15, 0.2) is 0 Å². The minimum absolute atomic E-state index is 0.0977. The summed E-state index contributed by atoms with van der Waals surface area (Å²) in [6.45, 7) is 4.45. The van der Waals surface area contributed by atoms with Crippen LogP contribution < -0.4 is 16.0 Å². The number of carbonyl (C=O) groups is 5. The summed E-state index contributed by atoms with van der Waals surface area (Å²) in [7, 11) is 1.70. The maximum atomic E-state index is 13.8. The van der Waals surface area contributed by atoms with Crippen molar-refractivity contribution in [2.75, 3.05) is 13.6 Å². The second kappa shape index (κ2) is 11.8. The number of likely N-dealkylation sites (tertiary alicyclic amines) is 1. The summed E-state index contributed by atoms with van der Waals surface area (Å²) in [5.74, 6) is -1.26. The largest absolute Gasteiger partial charge is 0.461 e. The predicted octanol–water partition coefficient (Wildman–Crippen LogP) is 1.25. The van der Waals surface area contributed by atoms with Gasteiger partial charge in [-0.2, -0.15) is 0 Å². The predicted molar refractivity (Wildman–Crippen MR) is 149 cm³/mol. The molecule has 41 heavy (non-hydrogen) atoms. The number of likely N-dealkylation sites (N-methyl/N-ethyl adjacent to an activating group) is 1. The first-order valence-electron chi connectivity index (χ1n) is 14.8. The summed E-state index contributed by atoms with van der Waals surface area (Å²) in [5.41, 5.74) is 0.758. The van der Waals surface area contributed by atoms with Crippen molar-refractivity contribution < 1.29 is 28.7 Å². The molecule has 0 aromatic heterocycles. The zero-order chi connectivity index (χ0) is 29.3. The van der Waals surface area contributed by atoms with Crippen molar-refractivity contribution >= 4 is 29.6 Å². The zero-order valence-corrected chi connectivity index (χ0v) is 24.1. The van der Waals surface area contributed by atoms with Crippen LogP contribution in [0.25, 0.3) is 0 Å². The van der Waals surface area contributed by atoms with E-state index < -0.39 is 29.7 Å². The van der Waals surface area contributed by atoms with E-state index in [2.05, 4.69) is 16.0 Å². The van der Waals surface area contributed by atoms with E-state index in [9.17, 15) is 24.0 Å². The fourth-order valence-electron chi connectivity index (χ4n) is 6.73. The molecule has 1 aromatic carbocycles. The Bertz CT molecular complexity index is 1220. The number of hydrogen-bond donors (Lipinski definition) is 3. The molecule has 11 heteroatoms. The molecule has 3 N–H and O–H groups in total. The van der Waals surface area contributed by atoms with Gasteiger partial charge in [-0.25, -0.2) is 4.79 Å². The Morgan fingerprint density at radius 3 is 2.71 bits per heavy atom. The van der Waals surface area contributed by atoms with Crippen molar-refractivity contribution in [1.82, 2.24) is 25.8 Å². The van der Waals surface area contributed by atoms with Crippen LogP contribution in [0.2, 0.25) is 0 Å². The molecule has 0 spiro atoms. The lowest BCUT2D eigenvalue weighted by Gasteiger charge is -2.42. The normalized spacial score (nSPS) is 30.1. The van der Waals surface area contributed by atoms with Gasteiger partial charge >= 0.3 is 5.97 Å². The molecule has 5 rings (SSSR count). The molecule has 3 unspecified atom stereocenters.